The molecule has 1 heterocycles. The maximum atomic E-state index is 12.3. The predicted molar refractivity (Wildman–Crippen MR) is 123 cm³/mol. The molecule has 0 aliphatic heterocycles. The number of hydrazone groups is 1. The molecule has 1 N–H and O–H groups in total. The molecule has 31 heavy (non-hydrogen) atoms. The van der Waals surface area contributed by atoms with E-state index in [1.807, 2.05) is 32.9 Å². The zero-order valence-electron chi connectivity index (χ0n) is 17.5. The van der Waals surface area contributed by atoms with Gasteiger partial charge in [0.05, 0.1) is 28.9 Å². The zero-order valence-corrected chi connectivity index (χ0v) is 19.0. The van der Waals surface area contributed by atoms with Gasteiger partial charge in [-0.2, -0.15) is 5.10 Å². The number of hydrogen-bond donors (Lipinski definition) is 1. The Morgan fingerprint density at radius 2 is 1.71 bits per heavy atom. The van der Waals surface area contributed by atoms with Gasteiger partial charge in [-0.3, -0.25) is 4.79 Å². The minimum absolute atomic E-state index is 0.301. The lowest BCUT2D eigenvalue weighted by Crippen LogP contribution is -2.17. The second-order valence-corrected chi connectivity index (χ2v) is 7.80. The van der Waals surface area contributed by atoms with Crippen LogP contribution < -0.4 is 5.43 Å². The molecule has 2 aromatic carbocycles. The quantitative estimate of drug-likeness (QED) is 0.322. The van der Waals surface area contributed by atoms with E-state index in [0.717, 1.165) is 28.2 Å². The van der Waals surface area contributed by atoms with Gasteiger partial charge in [0.2, 0.25) is 0 Å². The maximum Gasteiger partial charge on any atom is 0.337 e. The highest BCUT2D eigenvalue weighted by Crippen LogP contribution is 2.24. The first-order valence-corrected chi connectivity index (χ1v) is 10.1. The summed E-state index contributed by atoms with van der Waals surface area (Å²) in [7, 11) is 1.36. The highest BCUT2D eigenvalue weighted by molar-refractivity contribution is 6.42. The Morgan fingerprint density at radius 3 is 2.35 bits per heavy atom. The number of methoxy groups -OCH3 is 1. The molecule has 1 aromatic heterocycles. The number of aromatic nitrogens is 1. The molecule has 0 radical (unpaired) electrons. The number of hydrogen-bond acceptors (Lipinski definition) is 4. The van der Waals surface area contributed by atoms with Crippen molar-refractivity contribution in [1.29, 1.82) is 0 Å². The van der Waals surface area contributed by atoms with Crippen LogP contribution in [-0.4, -0.2) is 29.8 Å². The van der Waals surface area contributed by atoms with Crippen molar-refractivity contribution >= 4 is 41.3 Å². The van der Waals surface area contributed by atoms with E-state index in [1.54, 1.807) is 30.5 Å². The summed E-state index contributed by atoms with van der Waals surface area (Å²) in [6.45, 7) is 5.88. The molecule has 0 unspecified atom stereocenters. The van der Waals surface area contributed by atoms with Crippen molar-refractivity contribution < 1.29 is 14.3 Å². The van der Waals surface area contributed by atoms with Crippen LogP contribution >= 0.6 is 23.2 Å². The zero-order chi connectivity index (χ0) is 22.7. The number of nitrogens with zero attached hydrogens (tertiary/aromatic N) is 2. The van der Waals surface area contributed by atoms with E-state index in [2.05, 4.69) is 15.1 Å². The monoisotopic (exact) mass is 457 g/mol. The Bertz CT molecular complexity index is 1200. The van der Waals surface area contributed by atoms with Crippen LogP contribution in [0.5, 0.6) is 0 Å². The van der Waals surface area contributed by atoms with Crippen molar-refractivity contribution in [3.05, 3.63) is 86.2 Å². The van der Waals surface area contributed by atoms with Crippen molar-refractivity contribution in [3.8, 4) is 5.69 Å². The lowest BCUT2D eigenvalue weighted by Gasteiger charge is -2.13. The number of ether oxygens (including phenoxy) is 1. The van der Waals surface area contributed by atoms with Crippen LogP contribution in [0.25, 0.3) is 5.69 Å². The number of carbonyl (C=O) groups is 2. The number of amides is 1. The van der Waals surface area contributed by atoms with Crippen molar-refractivity contribution in [2.75, 3.05) is 7.11 Å². The van der Waals surface area contributed by atoms with Crippen LogP contribution in [0.1, 0.15) is 43.2 Å². The van der Waals surface area contributed by atoms with E-state index in [4.69, 9.17) is 27.9 Å². The summed E-state index contributed by atoms with van der Waals surface area (Å²) in [6, 6.07) is 12.0. The minimum atomic E-state index is -0.391. The lowest BCUT2D eigenvalue weighted by molar-refractivity contribution is 0.0600. The van der Waals surface area contributed by atoms with Gasteiger partial charge in [-0.05, 0) is 68.8 Å². The predicted octanol–water partition coefficient (Wildman–Crippen LogP) is 5.26. The number of nitrogens with one attached hydrogen (secondary N) is 1. The first-order valence-electron chi connectivity index (χ1n) is 9.39. The van der Waals surface area contributed by atoms with E-state index in [1.165, 1.54) is 13.2 Å². The third kappa shape index (κ3) is 4.81. The normalized spacial score (nSPS) is 11.0. The largest absolute Gasteiger partial charge is 0.465 e. The summed E-state index contributed by atoms with van der Waals surface area (Å²) < 4.78 is 6.85. The summed E-state index contributed by atoms with van der Waals surface area (Å²) in [5, 5.41) is 4.75. The second kappa shape index (κ2) is 9.37. The molecular formula is C23H21Cl2N3O3. The number of rotatable bonds is 5. The number of carbonyl (C=O) groups excluding carboxylic acids is 2. The van der Waals surface area contributed by atoms with Crippen molar-refractivity contribution in [3.63, 3.8) is 0 Å². The molecule has 0 atom stereocenters. The van der Waals surface area contributed by atoms with E-state index < -0.39 is 5.91 Å². The molecule has 3 rings (SSSR count). The van der Waals surface area contributed by atoms with Gasteiger partial charge in [-0.15, -0.1) is 0 Å². The third-order valence-corrected chi connectivity index (χ3v) is 5.62. The Labute approximate surface area is 190 Å². The van der Waals surface area contributed by atoms with Crippen molar-refractivity contribution in [1.82, 2.24) is 9.99 Å². The first kappa shape index (κ1) is 22.6. The van der Waals surface area contributed by atoms with Gasteiger partial charge in [0.1, 0.15) is 0 Å². The molecule has 0 fully saturated rings. The molecule has 8 heteroatoms. The fourth-order valence-corrected chi connectivity index (χ4v) is 3.60. The fourth-order valence-electron chi connectivity index (χ4n) is 3.30. The topological polar surface area (TPSA) is 72.7 Å². The average molecular weight is 458 g/mol. The Morgan fingerprint density at radius 1 is 1.00 bits per heavy atom. The van der Waals surface area contributed by atoms with Gasteiger partial charge in [0.15, 0.2) is 0 Å². The Kier molecular flexibility index (Phi) is 6.83. The molecule has 3 aromatic rings. The van der Waals surface area contributed by atoms with Crippen molar-refractivity contribution in [2.24, 2.45) is 5.10 Å². The molecular weight excluding hydrogens is 437 g/mol. The number of benzene rings is 2. The maximum absolute atomic E-state index is 12.3. The number of aryl methyl sites for hydroxylation is 2. The molecule has 0 aliphatic rings. The average Bonchev–Trinajstić information content (AvgIpc) is 3.02. The standard InChI is InChI=1S/C23H21Cl2N3O3/c1-13-9-17(23(30)31-4)6-8-21(13)28-14(2)10-18(15(28)3)12-26-27-22(29)16-5-7-19(24)20(25)11-16/h5-12H,1-4H3,(H,27,29)/b26-12-. The van der Waals surface area contributed by atoms with Crippen LogP contribution in [0.15, 0.2) is 47.6 Å². The highest BCUT2D eigenvalue weighted by atomic mass is 35.5. The molecule has 160 valence electrons. The van der Waals surface area contributed by atoms with E-state index in [-0.39, 0.29) is 5.97 Å². The van der Waals surface area contributed by atoms with Gasteiger partial charge in [0.25, 0.3) is 5.91 Å². The van der Waals surface area contributed by atoms with Crippen LogP contribution in [0.2, 0.25) is 10.0 Å². The molecule has 0 bridgehead atoms. The molecule has 0 saturated carbocycles. The molecule has 0 saturated heterocycles. The summed E-state index contributed by atoms with van der Waals surface area (Å²) in [6.07, 6.45) is 1.59. The van der Waals surface area contributed by atoms with E-state index in [9.17, 15) is 9.59 Å². The summed E-state index contributed by atoms with van der Waals surface area (Å²) in [4.78, 5) is 24.0. The second-order valence-electron chi connectivity index (χ2n) is 6.98. The third-order valence-electron chi connectivity index (χ3n) is 4.88. The van der Waals surface area contributed by atoms with Crippen LogP contribution in [-0.2, 0) is 4.74 Å². The fraction of sp³-hybridized carbons (Fsp3) is 0.174. The van der Waals surface area contributed by atoms with Crippen LogP contribution in [0.3, 0.4) is 0 Å². The van der Waals surface area contributed by atoms with Gasteiger partial charge >= 0.3 is 5.97 Å². The molecule has 0 spiro atoms. The lowest BCUT2D eigenvalue weighted by atomic mass is 10.1. The van der Waals surface area contributed by atoms with Crippen LogP contribution in [0.4, 0.5) is 0 Å². The molecule has 6 nitrogen and oxygen atoms in total. The van der Waals surface area contributed by atoms with Gasteiger partial charge in [0, 0.05) is 28.2 Å². The first-order chi connectivity index (χ1) is 14.7. The van der Waals surface area contributed by atoms with Gasteiger partial charge < -0.3 is 9.30 Å². The molecule has 1 amide bonds. The highest BCUT2D eigenvalue weighted by Gasteiger charge is 2.14. The Hall–Kier alpha value is -3.09. The summed E-state index contributed by atoms with van der Waals surface area (Å²) in [5.41, 5.74) is 8.01. The summed E-state index contributed by atoms with van der Waals surface area (Å²) in [5.74, 6) is -0.765. The smallest absolute Gasteiger partial charge is 0.337 e. The summed E-state index contributed by atoms with van der Waals surface area (Å²) >= 11 is 11.8. The number of esters is 1. The van der Waals surface area contributed by atoms with Gasteiger partial charge in [-0.25, -0.2) is 10.2 Å². The number of halogens is 2. The van der Waals surface area contributed by atoms with Crippen molar-refractivity contribution in [2.45, 2.75) is 20.8 Å². The van der Waals surface area contributed by atoms with Gasteiger partial charge in [-0.1, -0.05) is 23.2 Å². The van der Waals surface area contributed by atoms with Crippen LogP contribution in [0, 0.1) is 20.8 Å². The van der Waals surface area contributed by atoms with E-state index >= 15 is 0 Å². The minimum Gasteiger partial charge on any atom is -0.465 e. The Balaban J connectivity index is 1.82. The molecule has 0 aliphatic carbocycles. The SMILES string of the molecule is COC(=O)c1ccc(-n2c(C)cc(/C=N\NC(=O)c3ccc(Cl)c(Cl)c3)c2C)c(C)c1. The van der Waals surface area contributed by atoms with E-state index in [0.29, 0.717) is 21.2 Å².